The summed E-state index contributed by atoms with van der Waals surface area (Å²) in [4.78, 5) is 2.45. The van der Waals surface area contributed by atoms with Crippen LogP contribution >= 0.6 is 11.8 Å². The van der Waals surface area contributed by atoms with E-state index in [1.54, 1.807) is 0 Å². The second kappa shape index (κ2) is 9.27. The summed E-state index contributed by atoms with van der Waals surface area (Å²) < 4.78 is 5.38. The van der Waals surface area contributed by atoms with E-state index in [0.717, 1.165) is 39.4 Å². The number of nitrogens with zero attached hydrogens (tertiary/aromatic N) is 1. The monoisotopic (exact) mass is 294 g/mol. The summed E-state index contributed by atoms with van der Waals surface area (Å²) in [5, 5.41) is 3.49. The van der Waals surface area contributed by atoms with Crippen LogP contribution in [0, 0.1) is 0 Å². The maximum Gasteiger partial charge on any atom is 0.0594 e. The topological polar surface area (TPSA) is 24.5 Å². The SMILES string of the molecule is CSCCCCNc1ccc(CN2CCOCC2)cc1. The summed E-state index contributed by atoms with van der Waals surface area (Å²) in [7, 11) is 0. The zero-order valence-corrected chi connectivity index (χ0v) is 13.3. The average Bonchev–Trinajstić information content (AvgIpc) is 2.50. The number of hydrogen-bond donors (Lipinski definition) is 1. The van der Waals surface area contributed by atoms with Crippen LogP contribution in [0.1, 0.15) is 18.4 Å². The van der Waals surface area contributed by atoms with Crippen LogP contribution in [0.25, 0.3) is 0 Å². The van der Waals surface area contributed by atoms with Crippen molar-refractivity contribution in [2.24, 2.45) is 0 Å². The van der Waals surface area contributed by atoms with Crippen LogP contribution in [-0.2, 0) is 11.3 Å². The molecule has 0 amide bonds. The summed E-state index contributed by atoms with van der Waals surface area (Å²) in [5.41, 5.74) is 2.62. The fourth-order valence-corrected chi connectivity index (χ4v) is 2.84. The highest BCUT2D eigenvalue weighted by atomic mass is 32.2. The summed E-state index contributed by atoms with van der Waals surface area (Å²) in [6.07, 6.45) is 4.71. The maximum atomic E-state index is 5.38. The Kier molecular flexibility index (Phi) is 7.26. The molecule has 3 nitrogen and oxygen atoms in total. The number of thioether (sulfide) groups is 1. The highest BCUT2D eigenvalue weighted by Crippen LogP contribution is 2.12. The van der Waals surface area contributed by atoms with Crippen LogP contribution in [0.3, 0.4) is 0 Å². The van der Waals surface area contributed by atoms with Crippen molar-refractivity contribution in [3.8, 4) is 0 Å². The van der Waals surface area contributed by atoms with E-state index < -0.39 is 0 Å². The quantitative estimate of drug-likeness (QED) is 0.745. The lowest BCUT2D eigenvalue weighted by molar-refractivity contribution is 0.0342. The molecule has 1 aliphatic heterocycles. The molecular formula is C16H26N2OS. The van der Waals surface area contributed by atoms with E-state index in [0.29, 0.717) is 0 Å². The van der Waals surface area contributed by atoms with Crippen molar-refractivity contribution in [2.75, 3.05) is 50.2 Å². The Hall–Kier alpha value is -0.710. The lowest BCUT2D eigenvalue weighted by Gasteiger charge is -2.26. The third kappa shape index (κ3) is 5.73. The number of hydrogen-bond acceptors (Lipinski definition) is 4. The molecule has 2 rings (SSSR count). The Balaban J connectivity index is 1.69. The molecule has 1 heterocycles. The predicted molar refractivity (Wildman–Crippen MR) is 88.6 cm³/mol. The van der Waals surface area contributed by atoms with E-state index in [2.05, 4.69) is 40.7 Å². The van der Waals surface area contributed by atoms with Gasteiger partial charge in [0.05, 0.1) is 13.2 Å². The van der Waals surface area contributed by atoms with Gasteiger partial charge in [0, 0.05) is 31.9 Å². The minimum absolute atomic E-state index is 0.871. The lowest BCUT2D eigenvalue weighted by atomic mass is 10.2. The number of morpholine rings is 1. The molecule has 0 unspecified atom stereocenters. The minimum Gasteiger partial charge on any atom is -0.385 e. The smallest absolute Gasteiger partial charge is 0.0594 e. The Morgan fingerprint density at radius 1 is 1.15 bits per heavy atom. The molecule has 1 aromatic carbocycles. The van der Waals surface area contributed by atoms with Gasteiger partial charge in [-0.2, -0.15) is 11.8 Å². The number of ether oxygens (including phenoxy) is 1. The van der Waals surface area contributed by atoms with Gasteiger partial charge in [0.15, 0.2) is 0 Å². The van der Waals surface area contributed by atoms with E-state index in [-0.39, 0.29) is 0 Å². The van der Waals surface area contributed by atoms with Gasteiger partial charge in [0.2, 0.25) is 0 Å². The third-order valence-electron chi connectivity index (χ3n) is 3.57. The van der Waals surface area contributed by atoms with Crippen molar-refractivity contribution in [1.82, 2.24) is 4.90 Å². The highest BCUT2D eigenvalue weighted by Gasteiger charge is 2.10. The Morgan fingerprint density at radius 3 is 2.60 bits per heavy atom. The molecule has 4 heteroatoms. The van der Waals surface area contributed by atoms with Crippen molar-refractivity contribution >= 4 is 17.4 Å². The van der Waals surface area contributed by atoms with E-state index in [1.165, 1.54) is 29.8 Å². The molecule has 1 N–H and O–H groups in total. The molecule has 1 aromatic rings. The first-order valence-corrected chi connectivity index (χ1v) is 8.90. The predicted octanol–water partition coefficient (Wildman–Crippen LogP) is 3.07. The van der Waals surface area contributed by atoms with Crippen LogP contribution in [0.2, 0.25) is 0 Å². The first-order valence-electron chi connectivity index (χ1n) is 7.50. The normalized spacial score (nSPS) is 16.2. The van der Waals surface area contributed by atoms with Crippen molar-refractivity contribution in [3.05, 3.63) is 29.8 Å². The first-order chi connectivity index (χ1) is 9.88. The molecule has 1 fully saturated rings. The molecule has 0 aromatic heterocycles. The molecule has 112 valence electrons. The fraction of sp³-hybridized carbons (Fsp3) is 0.625. The molecule has 0 saturated carbocycles. The van der Waals surface area contributed by atoms with Gasteiger partial charge >= 0.3 is 0 Å². The van der Waals surface area contributed by atoms with Crippen molar-refractivity contribution < 1.29 is 4.74 Å². The summed E-state index contributed by atoms with van der Waals surface area (Å²) in [6, 6.07) is 8.87. The van der Waals surface area contributed by atoms with Crippen LogP contribution < -0.4 is 5.32 Å². The van der Waals surface area contributed by atoms with Gasteiger partial charge in [-0.05, 0) is 42.5 Å². The molecule has 0 spiro atoms. The summed E-state index contributed by atoms with van der Waals surface area (Å²) in [6.45, 7) is 5.96. The summed E-state index contributed by atoms with van der Waals surface area (Å²) in [5.74, 6) is 1.26. The largest absolute Gasteiger partial charge is 0.385 e. The molecule has 1 saturated heterocycles. The van der Waals surface area contributed by atoms with Gasteiger partial charge in [-0.1, -0.05) is 12.1 Å². The van der Waals surface area contributed by atoms with Gasteiger partial charge in [-0.25, -0.2) is 0 Å². The Morgan fingerprint density at radius 2 is 1.90 bits per heavy atom. The molecule has 20 heavy (non-hydrogen) atoms. The fourth-order valence-electron chi connectivity index (χ4n) is 2.35. The van der Waals surface area contributed by atoms with E-state index in [4.69, 9.17) is 4.74 Å². The second-order valence-corrected chi connectivity index (χ2v) is 6.20. The van der Waals surface area contributed by atoms with Crippen LogP contribution in [0.5, 0.6) is 0 Å². The zero-order chi connectivity index (χ0) is 14.0. The van der Waals surface area contributed by atoms with E-state index in [9.17, 15) is 0 Å². The maximum absolute atomic E-state index is 5.38. The first kappa shape index (κ1) is 15.7. The molecule has 0 bridgehead atoms. The van der Waals surface area contributed by atoms with Gasteiger partial charge < -0.3 is 10.1 Å². The van der Waals surface area contributed by atoms with Gasteiger partial charge in [0.1, 0.15) is 0 Å². The lowest BCUT2D eigenvalue weighted by Crippen LogP contribution is -2.35. The summed E-state index contributed by atoms with van der Waals surface area (Å²) >= 11 is 1.92. The van der Waals surface area contributed by atoms with Gasteiger partial charge in [-0.3, -0.25) is 4.90 Å². The third-order valence-corrected chi connectivity index (χ3v) is 4.27. The van der Waals surface area contributed by atoms with Gasteiger partial charge in [0.25, 0.3) is 0 Å². The van der Waals surface area contributed by atoms with Crippen LogP contribution in [0.15, 0.2) is 24.3 Å². The van der Waals surface area contributed by atoms with Crippen molar-refractivity contribution in [3.63, 3.8) is 0 Å². The number of benzene rings is 1. The number of unbranched alkanes of at least 4 members (excludes halogenated alkanes) is 1. The number of anilines is 1. The average molecular weight is 294 g/mol. The second-order valence-electron chi connectivity index (χ2n) is 5.21. The molecule has 0 radical (unpaired) electrons. The minimum atomic E-state index is 0.871. The number of rotatable bonds is 8. The van der Waals surface area contributed by atoms with Crippen molar-refractivity contribution in [1.29, 1.82) is 0 Å². The standard InChI is InChI=1S/C16H26N2OS/c1-20-13-3-2-8-17-16-6-4-15(5-7-16)14-18-9-11-19-12-10-18/h4-7,17H,2-3,8-14H2,1H3. The van der Waals surface area contributed by atoms with Crippen molar-refractivity contribution in [2.45, 2.75) is 19.4 Å². The van der Waals surface area contributed by atoms with Crippen LogP contribution in [-0.4, -0.2) is 49.8 Å². The van der Waals surface area contributed by atoms with Gasteiger partial charge in [-0.15, -0.1) is 0 Å². The molecule has 0 aliphatic carbocycles. The van der Waals surface area contributed by atoms with E-state index in [1.807, 2.05) is 11.8 Å². The molecule has 1 aliphatic rings. The number of nitrogens with one attached hydrogen (secondary N) is 1. The van der Waals surface area contributed by atoms with E-state index >= 15 is 0 Å². The zero-order valence-electron chi connectivity index (χ0n) is 12.4. The molecule has 0 atom stereocenters. The van der Waals surface area contributed by atoms with Crippen LogP contribution in [0.4, 0.5) is 5.69 Å². The Bertz CT molecular complexity index is 363. The molecular weight excluding hydrogens is 268 g/mol. The Labute approximate surface area is 127 Å². The highest BCUT2D eigenvalue weighted by molar-refractivity contribution is 7.98.